The number of nitrogens with one attached hydrogen (secondary N) is 1. The van der Waals surface area contributed by atoms with Crippen molar-refractivity contribution in [2.75, 3.05) is 16.9 Å². The van der Waals surface area contributed by atoms with E-state index in [9.17, 15) is 14.9 Å². The lowest BCUT2D eigenvalue weighted by molar-refractivity contribution is -0.384. The van der Waals surface area contributed by atoms with E-state index in [4.69, 9.17) is 5.84 Å². The summed E-state index contributed by atoms with van der Waals surface area (Å²) in [4.78, 5) is 22.7. The summed E-state index contributed by atoms with van der Waals surface area (Å²) < 4.78 is 1.35. The van der Waals surface area contributed by atoms with Gasteiger partial charge in [0.1, 0.15) is 5.69 Å². The summed E-state index contributed by atoms with van der Waals surface area (Å²) in [6.07, 6.45) is 0. The fraction of sp³-hybridized carbons (Fsp3) is 0.400. The third-order valence-electron chi connectivity index (χ3n) is 3.29. The lowest BCUT2D eigenvalue weighted by Gasteiger charge is -2.16. The Morgan fingerprint density at radius 2 is 2.08 bits per heavy atom. The van der Waals surface area contributed by atoms with Gasteiger partial charge in [0, 0.05) is 11.5 Å². The third kappa shape index (κ3) is 4.47. The first kappa shape index (κ1) is 18.7. The Kier molecular flexibility index (Phi) is 5.31. The van der Waals surface area contributed by atoms with Gasteiger partial charge < -0.3 is 11.2 Å². The number of hydrogen-bond acceptors (Lipinski definition) is 7. The van der Waals surface area contributed by atoms with Crippen molar-refractivity contribution in [2.45, 2.75) is 38.3 Å². The predicted molar refractivity (Wildman–Crippen MR) is 96.1 cm³/mol. The number of nitrogen functional groups attached to an aromatic ring is 1. The monoisotopic (exact) mass is 364 g/mol. The van der Waals surface area contributed by atoms with E-state index in [1.165, 1.54) is 16.8 Å². The first-order chi connectivity index (χ1) is 11.6. The van der Waals surface area contributed by atoms with Crippen LogP contribution >= 0.6 is 11.8 Å². The number of thioether (sulfide) groups is 1. The number of aromatic nitrogens is 3. The number of anilines is 1. The summed E-state index contributed by atoms with van der Waals surface area (Å²) in [6, 6.07) is 4.62. The Bertz CT molecular complexity index is 812. The second kappa shape index (κ2) is 7.09. The highest BCUT2D eigenvalue weighted by Gasteiger charge is 2.23. The fourth-order valence-electron chi connectivity index (χ4n) is 2.10. The van der Waals surface area contributed by atoms with E-state index < -0.39 is 10.8 Å². The molecule has 9 nitrogen and oxygen atoms in total. The second-order valence-electron chi connectivity index (χ2n) is 6.54. The van der Waals surface area contributed by atoms with Crippen LogP contribution in [0.15, 0.2) is 23.4 Å². The predicted octanol–water partition coefficient (Wildman–Crippen LogP) is 2.24. The molecular formula is C15H20N6O3S. The Balaban J connectivity index is 2.05. The van der Waals surface area contributed by atoms with Gasteiger partial charge in [-0.05, 0) is 18.6 Å². The molecule has 0 unspecified atom stereocenters. The van der Waals surface area contributed by atoms with Gasteiger partial charge >= 0.3 is 0 Å². The molecule has 1 aromatic carbocycles. The van der Waals surface area contributed by atoms with Gasteiger partial charge in [0.15, 0.2) is 5.82 Å². The van der Waals surface area contributed by atoms with Crippen molar-refractivity contribution in [1.82, 2.24) is 14.9 Å². The molecule has 0 spiro atoms. The number of carbonyl (C=O) groups is 1. The standard InChI is InChI=1S/C15H20N6O3S/c1-9-5-6-10(11(7-9)21(23)24)17-12(22)8-25-14-19-18-13(20(14)16)15(2,3)4/h5-7H,8,16H2,1-4H3,(H,17,22). The summed E-state index contributed by atoms with van der Waals surface area (Å²) >= 11 is 1.11. The fourth-order valence-corrected chi connectivity index (χ4v) is 2.76. The molecule has 1 aromatic heterocycles. The van der Waals surface area contributed by atoms with E-state index in [0.717, 1.165) is 17.3 Å². The van der Waals surface area contributed by atoms with E-state index >= 15 is 0 Å². The molecule has 10 heteroatoms. The minimum atomic E-state index is -0.526. The van der Waals surface area contributed by atoms with Gasteiger partial charge in [-0.3, -0.25) is 14.9 Å². The van der Waals surface area contributed by atoms with Crippen LogP contribution in [0.2, 0.25) is 0 Å². The molecule has 0 bridgehead atoms. The molecular weight excluding hydrogens is 344 g/mol. The van der Waals surface area contributed by atoms with Crippen LogP contribution in [0.5, 0.6) is 0 Å². The lowest BCUT2D eigenvalue weighted by Crippen LogP contribution is -2.24. The van der Waals surface area contributed by atoms with Crippen molar-refractivity contribution in [1.29, 1.82) is 0 Å². The van der Waals surface area contributed by atoms with Crippen LogP contribution in [0.1, 0.15) is 32.2 Å². The lowest BCUT2D eigenvalue weighted by atomic mass is 9.96. The van der Waals surface area contributed by atoms with Gasteiger partial charge in [-0.15, -0.1) is 10.2 Å². The van der Waals surface area contributed by atoms with Crippen LogP contribution in [-0.4, -0.2) is 31.5 Å². The van der Waals surface area contributed by atoms with E-state index in [2.05, 4.69) is 15.5 Å². The summed E-state index contributed by atoms with van der Waals surface area (Å²) in [7, 11) is 0. The molecule has 0 saturated carbocycles. The normalized spacial score (nSPS) is 11.4. The van der Waals surface area contributed by atoms with Crippen LogP contribution in [0.25, 0.3) is 0 Å². The zero-order valence-electron chi connectivity index (χ0n) is 14.4. The molecule has 1 heterocycles. The summed E-state index contributed by atoms with van der Waals surface area (Å²) in [5.41, 5.74) is 0.483. The molecule has 0 aliphatic carbocycles. The van der Waals surface area contributed by atoms with Crippen molar-refractivity contribution >= 4 is 29.0 Å². The molecule has 25 heavy (non-hydrogen) atoms. The number of aryl methyl sites for hydroxylation is 1. The first-order valence-electron chi connectivity index (χ1n) is 7.48. The van der Waals surface area contributed by atoms with Gasteiger partial charge in [0.25, 0.3) is 5.69 Å². The number of carbonyl (C=O) groups excluding carboxylic acids is 1. The van der Waals surface area contributed by atoms with Crippen molar-refractivity contribution in [3.05, 3.63) is 39.7 Å². The van der Waals surface area contributed by atoms with E-state index in [1.54, 1.807) is 13.0 Å². The summed E-state index contributed by atoms with van der Waals surface area (Å²) in [5, 5.41) is 22.1. The van der Waals surface area contributed by atoms with Crippen LogP contribution in [0.3, 0.4) is 0 Å². The molecule has 134 valence electrons. The van der Waals surface area contributed by atoms with E-state index in [1.807, 2.05) is 20.8 Å². The Hall–Kier alpha value is -2.62. The minimum absolute atomic E-state index is 0.00447. The topological polar surface area (TPSA) is 129 Å². The number of nitro groups is 1. The highest BCUT2D eigenvalue weighted by Crippen LogP contribution is 2.26. The maximum atomic E-state index is 12.1. The molecule has 0 aliphatic rings. The van der Waals surface area contributed by atoms with Gasteiger partial charge in [0.05, 0.1) is 10.7 Å². The Labute approximate surface area is 149 Å². The number of nitro benzene ring substituents is 1. The summed E-state index contributed by atoms with van der Waals surface area (Å²) in [5.74, 6) is 6.17. The van der Waals surface area contributed by atoms with Gasteiger partial charge in [-0.1, -0.05) is 38.6 Å². The van der Waals surface area contributed by atoms with Gasteiger partial charge in [-0.2, -0.15) is 0 Å². The highest BCUT2D eigenvalue weighted by atomic mass is 32.2. The molecule has 3 N–H and O–H groups in total. The quantitative estimate of drug-likeness (QED) is 0.360. The van der Waals surface area contributed by atoms with Crippen molar-refractivity contribution in [3.63, 3.8) is 0 Å². The molecule has 0 saturated heterocycles. The van der Waals surface area contributed by atoms with Crippen LogP contribution < -0.4 is 11.2 Å². The molecule has 0 aliphatic heterocycles. The van der Waals surface area contributed by atoms with Crippen molar-refractivity contribution < 1.29 is 9.72 Å². The summed E-state index contributed by atoms with van der Waals surface area (Å²) in [6.45, 7) is 7.61. The zero-order chi connectivity index (χ0) is 18.8. The SMILES string of the molecule is Cc1ccc(NC(=O)CSc2nnc(C(C)(C)C)n2N)c([N+](=O)[O-])c1. The zero-order valence-corrected chi connectivity index (χ0v) is 15.3. The number of nitrogens with zero attached hydrogens (tertiary/aromatic N) is 4. The maximum absolute atomic E-state index is 12.1. The number of amides is 1. The third-order valence-corrected chi connectivity index (χ3v) is 4.23. The largest absolute Gasteiger partial charge is 0.336 e. The highest BCUT2D eigenvalue weighted by molar-refractivity contribution is 7.99. The molecule has 0 radical (unpaired) electrons. The smallest absolute Gasteiger partial charge is 0.293 e. The second-order valence-corrected chi connectivity index (χ2v) is 7.48. The van der Waals surface area contributed by atoms with Gasteiger partial charge in [-0.25, -0.2) is 4.68 Å². The molecule has 2 aromatic rings. The van der Waals surface area contributed by atoms with Crippen molar-refractivity contribution in [3.8, 4) is 0 Å². The first-order valence-corrected chi connectivity index (χ1v) is 8.47. The van der Waals surface area contributed by atoms with E-state index in [0.29, 0.717) is 11.0 Å². The molecule has 0 atom stereocenters. The molecule has 1 amide bonds. The maximum Gasteiger partial charge on any atom is 0.293 e. The van der Waals surface area contributed by atoms with Crippen LogP contribution in [0, 0.1) is 17.0 Å². The average Bonchev–Trinajstić information content (AvgIpc) is 2.88. The van der Waals surface area contributed by atoms with Crippen LogP contribution in [-0.2, 0) is 10.2 Å². The molecule has 2 rings (SSSR count). The van der Waals surface area contributed by atoms with Gasteiger partial charge in [0.2, 0.25) is 11.1 Å². The van der Waals surface area contributed by atoms with Crippen molar-refractivity contribution in [2.24, 2.45) is 0 Å². The number of hydrogen-bond donors (Lipinski definition) is 2. The number of rotatable bonds is 5. The number of nitrogens with two attached hydrogens (primary N) is 1. The van der Waals surface area contributed by atoms with E-state index in [-0.39, 0.29) is 22.5 Å². The average molecular weight is 364 g/mol. The Morgan fingerprint density at radius 1 is 1.40 bits per heavy atom. The van der Waals surface area contributed by atoms with Crippen LogP contribution in [0.4, 0.5) is 11.4 Å². The number of benzene rings is 1. The molecule has 0 fully saturated rings. The minimum Gasteiger partial charge on any atom is -0.336 e. The Morgan fingerprint density at radius 3 is 2.64 bits per heavy atom.